The standard InChI is InChI=1S/C14H12Cl2N2O2S/c1-10(13-4-2-3-5-14(13)16)17-18-21(19,20)12-8-6-11(15)7-9-12/h2-9,18H,1H3/b17-10+. The van der Waals surface area contributed by atoms with E-state index in [1.54, 1.807) is 31.2 Å². The van der Waals surface area contributed by atoms with E-state index >= 15 is 0 Å². The van der Waals surface area contributed by atoms with Crippen LogP contribution in [0.5, 0.6) is 0 Å². The van der Waals surface area contributed by atoms with Gasteiger partial charge in [0.05, 0.1) is 10.6 Å². The minimum Gasteiger partial charge on any atom is -0.200 e. The van der Waals surface area contributed by atoms with Crippen LogP contribution in [0.15, 0.2) is 58.5 Å². The summed E-state index contributed by atoms with van der Waals surface area (Å²) < 4.78 is 24.1. The molecule has 2 rings (SSSR count). The summed E-state index contributed by atoms with van der Waals surface area (Å²) in [6.07, 6.45) is 0. The predicted octanol–water partition coefficient (Wildman–Crippen LogP) is 3.70. The molecule has 0 spiro atoms. The lowest BCUT2D eigenvalue weighted by Crippen LogP contribution is -2.20. The molecular weight excluding hydrogens is 331 g/mol. The van der Waals surface area contributed by atoms with Crippen molar-refractivity contribution in [1.82, 2.24) is 4.83 Å². The summed E-state index contributed by atoms with van der Waals surface area (Å²) in [6, 6.07) is 12.9. The SMILES string of the molecule is C/C(=N\NS(=O)(=O)c1ccc(Cl)cc1)c1ccccc1Cl. The van der Waals surface area contributed by atoms with Crippen molar-refractivity contribution in [2.24, 2.45) is 5.10 Å². The number of hydrazone groups is 1. The summed E-state index contributed by atoms with van der Waals surface area (Å²) in [4.78, 5) is 2.26. The summed E-state index contributed by atoms with van der Waals surface area (Å²) in [6.45, 7) is 1.67. The molecule has 0 amide bonds. The summed E-state index contributed by atoms with van der Waals surface area (Å²) in [7, 11) is -3.73. The van der Waals surface area contributed by atoms with Crippen molar-refractivity contribution in [2.45, 2.75) is 11.8 Å². The van der Waals surface area contributed by atoms with Crippen molar-refractivity contribution >= 4 is 38.9 Å². The van der Waals surface area contributed by atoms with Crippen LogP contribution in [0, 0.1) is 0 Å². The van der Waals surface area contributed by atoms with E-state index in [0.29, 0.717) is 21.3 Å². The number of benzene rings is 2. The van der Waals surface area contributed by atoms with Gasteiger partial charge in [0.1, 0.15) is 0 Å². The smallest absolute Gasteiger partial charge is 0.200 e. The van der Waals surface area contributed by atoms with Gasteiger partial charge in [-0.1, -0.05) is 41.4 Å². The quantitative estimate of drug-likeness (QED) is 0.680. The lowest BCUT2D eigenvalue weighted by atomic mass is 10.1. The highest BCUT2D eigenvalue weighted by Gasteiger charge is 2.13. The maximum absolute atomic E-state index is 12.1. The van der Waals surface area contributed by atoms with Gasteiger partial charge in [0, 0.05) is 15.6 Å². The number of sulfonamides is 1. The molecule has 0 atom stereocenters. The molecule has 0 aliphatic carbocycles. The highest BCUT2D eigenvalue weighted by Crippen LogP contribution is 2.16. The zero-order valence-electron chi connectivity index (χ0n) is 11.0. The molecule has 0 fully saturated rings. The maximum atomic E-state index is 12.1. The van der Waals surface area contributed by atoms with Crippen LogP contribution in [-0.4, -0.2) is 14.1 Å². The first kappa shape index (κ1) is 15.8. The molecule has 0 saturated heterocycles. The van der Waals surface area contributed by atoms with Crippen molar-refractivity contribution in [1.29, 1.82) is 0 Å². The summed E-state index contributed by atoms with van der Waals surface area (Å²) in [5, 5.41) is 4.85. The van der Waals surface area contributed by atoms with Gasteiger partial charge in [-0.15, -0.1) is 0 Å². The van der Waals surface area contributed by atoms with Gasteiger partial charge in [-0.05, 0) is 37.3 Å². The Balaban J connectivity index is 2.23. The fraction of sp³-hybridized carbons (Fsp3) is 0.0714. The first-order valence-corrected chi connectivity index (χ1v) is 8.20. The number of hydrogen-bond donors (Lipinski definition) is 1. The fourth-order valence-corrected chi connectivity index (χ4v) is 2.87. The average molecular weight is 343 g/mol. The molecule has 0 radical (unpaired) electrons. The molecular formula is C14H12Cl2N2O2S. The van der Waals surface area contributed by atoms with Gasteiger partial charge >= 0.3 is 0 Å². The molecule has 0 aliphatic heterocycles. The second-order valence-electron chi connectivity index (χ2n) is 4.23. The molecule has 0 aliphatic rings. The Morgan fingerprint density at radius 2 is 1.67 bits per heavy atom. The Labute approximate surface area is 133 Å². The van der Waals surface area contributed by atoms with Crippen LogP contribution < -0.4 is 4.83 Å². The molecule has 2 aromatic carbocycles. The van der Waals surface area contributed by atoms with Crippen molar-refractivity contribution in [3.63, 3.8) is 0 Å². The topological polar surface area (TPSA) is 58.5 Å². The molecule has 0 saturated carbocycles. The Bertz CT molecular complexity index is 772. The molecule has 0 heterocycles. The van der Waals surface area contributed by atoms with Crippen LogP contribution in [0.2, 0.25) is 10.0 Å². The Hall–Kier alpha value is -1.56. The molecule has 21 heavy (non-hydrogen) atoms. The van der Waals surface area contributed by atoms with Gasteiger partial charge < -0.3 is 0 Å². The maximum Gasteiger partial charge on any atom is 0.276 e. The van der Waals surface area contributed by atoms with Crippen LogP contribution in [0.25, 0.3) is 0 Å². The Morgan fingerprint density at radius 1 is 1.05 bits per heavy atom. The highest BCUT2D eigenvalue weighted by atomic mass is 35.5. The van der Waals surface area contributed by atoms with E-state index in [1.807, 2.05) is 0 Å². The largest absolute Gasteiger partial charge is 0.276 e. The van der Waals surface area contributed by atoms with Crippen LogP contribution >= 0.6 is 23.2 Å². The van der Waals surface area contributed by atoms with Crippen molar-refractivity contribution in [3.05, 3.63) is 64.1 Å². The Morgan fingerprint density at radius 3 is 2.29 bits per heavy atom. The lowest BCUT2D eigenvalue weighted by Gasteiger charge is -2.06. The van der Waals surface area contributed by atoms with Crippen molar-refractivity contribution in [3.8, 4) is 0 Å². The number of nitrogens with zero attached hydrogens (tertiary/aromatic N) is 1. The van der Waals surface area contributed by atoms with Gasteiger partial charge in [0.25, 0.3) is 10.0 Å². The third-order valence-corrected chi connectivity index (χ3v) is 4.53. The molecule has 110 valence electrons. The van der Waals surface area contributed by atoms with Crippen molar-refractivity contribution in [2.75, 3.05) is 0 Å². The minimum absolute atomic E-state index is 0.0857. The molecule has 0 unspecified atom stereocenters. The van der Waals surface area contributed by atoms with E-state index in [-0.39, 0.29) is 4.90 Å². The highest BCUT2D eigenvalue weighted by molar-refractivity contribution is 7.89. The predicted molar refractivity (Wildman–Crippen MR) is 85.4 cm³/mol. The number of hydrogen-bond acceptors (Lipinski definition) is 3. The Kier molecular flexibility index (Phi) is 4.88. The van der Waals surface area contributed by atoms with Gasteiger partial charge in [0.2, 0.25) is 0 Å². The number of halogens is 2. The van der Waals surface area contributed by atoms with E-state index < -0.39 is 10.0 Å². The van der Waals surface area contributed by atoms with Crippen LogP contribution in [0.1, 0.15) is 12.5 Å². The van der Waals surface area contributed by atoms with Crippen LogP contribution in [0.3, 0.4) is 0 Å². The zero-order valence-corrected chi connectivity index (χ0v) is 13.4. The van der Waals surface area contributed by atoms with Gasteiger partial charge in [-0.25, -0.2) is 0 Å². The van der Waals surface area contributed by atoms with E-state index in [1.165, 1.54) is 24.3 Å². The van der Waals surface area contributed by atoms with E-state index in [0.717, 1.165) is 0 Å². The molecule has 4 nitrogen and oxygen atoms in total. The first-order chi connectivity index (χ1) is 9.90. The molecule has 1 N–H and O–H groups in total. The second kappa shape index (κ2) is 6.47. The summed E-state index contributed by atoms with van der Waals surface area (Å²) in [5.74, 6) is 0. The van der Waals surface area contributed by atoms with Crippen LogP contribution in [0.4, 0.5) is 0 Å². The lowest BCUT2D eigenvalue weighted by molar-refractivity contribution is 0.584. The van der Waals surface area contributed by atoms with Gasteiger partial charge in [0.15, 0.2) is 0 Å². The average Bonchev–Trinajstić information content (AvgIpc) is 2.46. The molecule has 7 heteroatoms. The number of rotatable bonds is 4. The van der Waals surface area contributed by atoms with Crippen LogP contribution in [-0.2, 0) is 10.0 Å². The van der Waals surface area contributed by atoms with E-state index in [2.05, 4.69) is 9.93 Å². The van der Waals surface area contributed by atoms with Crippen molar-refractivity contribution < 1.29 is 8.42 Å². The third kappa shape index (κ3) is 3.97. The molecule has 0 bridgehead atoms. The minimum atomic E-state index is -3.73. The monoisotopic (exact) mass is 342 g/mol. The normalized spacial score (nSPS) is 12.2. The zero-order chi connectivity index (χ0) is 15.5. The third-order valence-electron chi connectivity index (χ3n) is 2.72. The summed E-state index contributed by atoms with van der Waals surface area (Å²) >= 11 is 11.8. The van der Waals surface area contributed by atoms with Gasteiger partial charge in [-0.3, -0.25) is 0 Å². The second-order valence-corrected chi connectivity index (χ2v) is 6.73. The molecule has 2 aromatic rings. The van der Waals surface area contributed by atoms with E-state index in [9.17, 15) is 8.42 Å². The number of nitrogens with one attached hydrogen (secondary N) is 1. The van der Waals surface area contributed by atoms with E-state index in [4.69, 9.17) is 23.2 Å². The van der Waals surface area contributed by atoms with Gasteiger partial charge in [-0.2, -0.15) is 18.4 Å². The molecule has 0 aromatic heterocycles. The summed E-state index contributed by atoms with van der Waals surface area (Å²) in [5.41, 5.74) is 1.14. The first-order valence-electron chi connectivity index (χ1n) is 5.97. The fourth-order valence-electron chi connectivity index (χ4n) is 1.61.